The molecule has 2 saturated heterocycles. The second kappa shape index (κ2) is 11.9. The molecule has 2 N–H and O–H groups in total. The number of amides is 4. The SMILES string of the molecule is Cc1cc([C@H]2C3=CC[C@@H]4C(=O)N(c5ccc(Nc6ccccc6)cc5)C(=O)[C@@H]4[C@@H]3C[C@H]3C(=O)N(c4ccc(F)c(Cl)c4)C(=O)[C@@]23C)cc(C)c1O. The molecule has 51 heavy (non-hydrogen) atoms. The zero-order valence-corrected chi connectivity index (χ0v) is 28.9. The van der Waals surface area contributed by atoms with Crippen molar-refractivity contribution >= 4 is 58.0 Å². The van der Waals surface area contributed by atoms with Crippen LogP contribution in [0.2, 0.25) is 5.02 Å². The molecule has 4 aromatic rings. The van der Waals surface area contributed by atoms with E-state index >= 15 is 0 Å². The number of hydrogen-bond acceptors (Lipinski definition) is 6. The number of halogens is 2. The topological polar surface area (TPSA) is 107 Å². The molecular formula is C41H35ClFN3O5. The molecule has 6 atom stereocenters. The number of phenols is 1. The predicted molar refractivity (Wildman–Crippen MR) is 192 cm³/mol. The average molecular weight is 704 g/mol. The minimum atomic E-state index is -1.28. The standard InChI is InChI=1S/C41H35ClFN3O5/c1-21-17-23(18-22(2)36(21)47)35-28-14-15-29-34(39(50)45(37(29)48)26-11-9-25(10-12-26)44-24-7-5-4-6-8-24)30(28)20-31-38(49)46(40(51)41(31,35)3)27-13-16-33(43)32(42)19-27/h4-14,16-19,29-31,34-35,44,47H,15,20H2,1-3H3/t29-,30+,31-,34-,35-,41+/m0/s1. The van der Waals surface area contributed by atoms with E-state index in [1.165, 1.54) is 17.0 Å². The first-order chi connectivity index (χ1) is 24.4. The molecule has 0 bridgehead atoms. The number of hydrogen-bond donors (Lipinski definition) is 2. The Labute approximate surface area is 299 Å². The van der Waals surface area contributed by atoms with Crippen LogP contribution in [-0.2, 0) is 19.2 Å². The highest BCUT2D eigenvalue weighted by Crippen LogP contribution is 2.64. The molecule has 4 aliphatic rings. The van der Waals surface area contributed by atoms with Crippen molar-refractivity contribution < 1.29 is 28.7 Å². The molecule has 2 aliphatic carbocycles. The first-order valence-electron chi connectivity index (χ1n) is 17.0. The van der Waals surface area contributed by atoms with Gasteiger partial charge >= 0.3 is 0 Å². The van der Waals surface area contributed by atoms with Gasteiger partial charge in [-0.25, -0.2) is 9.29 Å². The summed E-state index contributed by atoms with van der Waals surface area (Å²) in [7, 11) is 0. The number of aromatic hydroxyl groups is 1. The molecule has 4 aromatic carbocycles. The second-order valence-corrected chi connectivity index (χ2v) is 14.7. The zero-order valence-electron chi connectivity index (χ0n) is 28.2. The molecule has 0 radical (unpaired) electrons. The number of nitrogens with one attached hydrogen (secondary N) is 1. The quantitative estimate of drug-likeness (QED) is 0.161. The zero-order chi connectivity index (χ0) is 35.9. The number of phenolic OH excluding ortho intramolecular Hbond substituents is 1. The lowest BCUT2D eigenvalue weighted by molar-refractivity contribution is -0.131. The van der Waals surface area contributed by atoms with Crippen molar-refractivity contribution in [2.24, 2.45) is 29.1 Å². The van der Waals surface area contributed by atoms with Crippen molar-refractivity contribution in [2.45, 2.75) is 39.5 Å². The van der Waals surface area contributed by atoms with Gasteiger partial charge in [0.25, 0.3) is 0 Å². The lowest BCUT2D eigenvalue weighted by Gasteiger charge is -2.49. The van der Waals surface area contributed by atoms with Crippen molar-refractivity contribution in [2.75, 3.05) is 15.1 Å². The maximum atomic E-state index is 14.6. The van der Waals surface area contributed by atoms with Crippen molar-refractivity contribution in [3.63, 3.8) is 0 Å². The Morgan fingerprint density at radius 3 is 2.12 bits per heavy atom. The van der Waals surface area contributed by atoms with Crippen LogP contribution in [0.3, 0.4) is 0 Å². The monoisotopic (exact) mass is 703 g/mol. The molecule has 4 amide bonds. The molecule has 10 heteroatoms. The number of fused-ring (bicyclic) bond motifs is 4. The van der Waals surface area contributed by atoms with E-state index in [2.05, 4.69) is 5.32 Å². The number of para-hydroxylation sites is 1. The maximum absolute atomic E-state index is 14.6. The highest BCUT2D eigenvalue weighted by molar-refractivity contribution is 6.32. The summed E-state index contributed by atoms with van der Waals surface area (Å²) in [6.07, 6.45) is 2.48. The Morgan fingerprint density at radius 2 is 1.45 bits per heavy atom. The summed E-state index contributed by atoms with van der Waals surface area (Å²) in [6.45, 7) is 5.35. The third-order valence-electron chi connectivity index (χ3n) is 11.5. The van der Waals surface area contributed by atoms with Crippen LogP contribution in [0, 0.1) is 48.8 Å². The molecule has 0 aromatic heterocycles. The normalized spacial score (nSPS) is 26.9. The summed E-state index contributed by atoms with van der Waals surface area (Å²) in [5, 5.41) is 13.8. The second-order valence-electron chi connectivity index (χ2n) is 14.3. The fourth-order valence-corrected chi connectivity index (χ4v) is 9.23. The first-order valence-corrected chi connectivity index (χ1v) is 17.4. The molecule has 0 spiro atoms. The highest BCUT2D eigenvalue weighted by Gasteiger charge is 2.67. The summed E-state index contributed by atoms with van der Waals surface area (Å²) in [5.74, 6) is -5.42. The largest absolute Gasteiger partial charge is 0.507 e. The van der Waals surface area contributed by atoms with E-state index in [0.717, 1.165) is 33.5 Å². The van der Waals surface area contributed by atoms with Gasteiger partial charge in [-0.2, -0.15) is 0 Å². The Kier molecular flexibility index (Phi) is 7.68. The summed E-state index contributed by atoms with van der Waals surface area (Å²) < 4.78 is 14.2. The number of rotatable bonds is 5. The van der Waals surface area contributed by atoms with E-state index < -0.39 is 52.6 Å². The molecule has 3 fully saturated rings. The molecule has 1 saturated carbocycles. The van der Waals surface area contributed by atoms with Crippen molar-refractivity contribution in [3.8, 4) is 5.75 Å². The summed E-state index contributed by atoms with van der Waals surface area (Å²) in [5.41, 5.74) is 3.86. The highest BCUT2D eigenvalue weighted by atomic mass is 35.5. The maximum Gasteiger partial charge on any atom is 0.241 e. The van der Waals surface area contributed by atoms with Crippen LogP contribution in [0.15, 0.2) is 96.6 Å². The first kappa shape index (κ1) is 32.9. The van der Waals surface area contributed by atoms with Crippen LogP contribution in [0.1, 0.15) is 42.4 Å². The molecule has 8 rings (SSSR count). The van der Waals surface area contributed by atoms with Crippen molar-refractivity contribution in [1.82, 2.24) is 0 Å². The van der Waals surface area contributed by atoms with Gasteiger partial charge in [0, 0.05) is 17.3 Å². The Balaban J connectivity index is 1.19. The van der Waals surface area contributed by atoms with Crippen molar-refractivity contribution in [1.29, 1.82) is 0 Å². The molecule has 258 valence electrons. The van der Waals surface area contributed by atoms with E-state index in [0.29, 0.717) is 23.2 Å². The van der Waals surface area contributed by atoms with E-state index in [4.69, 9.17) is 11.6 Å². The number of anilines is 4. The minimum Gasteiger partial charge on any atom is -0.507 e. The van der Waals surface area contributed by atoms with Gasteiger partial charge in [-0.3, -0.25) is 24.1 Å². The van der Waals surface area contributed by atoms with Gasteiger partial charge in [0.1, 0.15) is 11.6 Å². The molecular weight excluding hydrogens is 669 g/mol. The predicted octanol–water partition coefficient (Wildman–Crippen LogP) is 7.98. The van der Waals surface area contributed by atoms with Gasteiger partial charge in [-0.15, -0.1) is 0 Å². The van der Waals surface area contributed by atoms with E-state index in [-0.39, 0.29) is 34.7 Å². The van der Waals surface area contributed by atoms with Crippen LogP contribution < -0.4 is 15.1 Å². The Morgan fingerprint density at radius 1 is 0.804 bits per heavy atom. The number of imide groups is 2. The van der Waals surface area contributed by atoms with Crippen LogP contribution >= 0.6 is 11.6 Å². The van der Waals surface area contributed by atoms with E-state index in [1.807, 2.05) is 60.7 Å². The van der Waals surface area contributed by atoms with Gasteiger partial charge < -0.3 is 10.4 Å². The Hall–Kier alpha value is -5.28. The molecule has 8 nitrogen and oxygen atoms in total. The van der Waals surface area contributed by atoms with Crippen LogP contribution in [0.25, 0.3) is 0 Å². The van der Waals surface area contributed by atoms with Gasteiger partial charge in [0.2, 0.25) is 23.6 Å². The van der Waals surface area contributed by atoms with E-state index in [1.54, 1.807) is 32.9 Å². The number of carbonyl (C=O) groups is 4. The van der Waals surface area contributed by atoms with Crippen LogP contribution in [-0.4, -0.2) is 28.7 Å². The minimum absolute atomic E-state index is 0.138. The third kappa shape index (κ3) is 4.93. The number of allylic oxidation sites excluding steroid dienone is 2. The van der Waals surface area contributed by atoms with Gasteiger partial charge in [0.05, 0.1) is 39.6 Å². The lowest BCUT2D eigenvalue weighted by Crippen LogP contribution is -2.49. The number of nitrogens with zero attached hydrogens (tertiary/aromatic N) is 2. The smallest absolute Gasteiger partial charge is 0.241 e. The number of carbonyl (C=O) groups excluding carboxylic acids is 4. The van der Waals surface area contributed by atoms with Crippen LogP contribution in [0.4, 0.5) is 27.1 Å². The third-order valence-corrected chi connectivity index (χ3v) is 11.8. The number of benzene rings is 4. The van der Waals surface area contributed by atoms with E-state index in [9.17, 15) is 28.7 Å². The lowest BCUT2D eigenvalue weighted by atomic mass is 9.51. The Bertz CT molecular complexity index is 2160. The summed E-state index contributed by atoms with van der Waals surface area (Å²) in [6, 6.07) is 24.2. The fourth-order valence-electron chi connectivity index (χ4n) is 9.06. The molecule has 2 heterocycles. The fraction of sp³-hybridized carbons (Fsp3) is 0.268. The molecule has 2 aliphatic heterocycles. The summed E-state index contributed by atoms with van der Waals surface area (Å²) in [4.78, 5) is 59.9. The van der Waals surface area contributed by atoms with Crippen LogP contribution in [0.5, 0.6) is 5.75 Å². The average Bonchev–Trinajstić information content (AvgIpc) is 3.48. The van der Waals surface area contributed by atoms with Gasteiger partial charge in [-0.1, -0.05) is 53.6 Å². The molecule has 0 unspecified atom stereocenters. The number of aryl methyl sites for hydroxylation is 2. The van der Waals surface area contributed by atoms with Gasteiger partial charge in [0.15, 0.2) is 0 Å². The summed E-state index contributed by atoms with van der Waals surface area (Å²) >= 11 is 6.11. The van der Waals surface area contributed by atoms with Crippen molar-refractivity contribution in [3.05, 3.63) is 124 Å². The van der Waals surface area contributed by atoms with Gasteiger partial charge in [-0.05, 0) is 111 Å².